The molecule has 0 aliphatic heterocycles. The number of hydrogen-bond acceptors (Lipinski definition) is 2. The monoisotopic (exact) mass is 205 g/mol. The van der Waals surface area contributed by atoms with Gasteiger partial charge in [0, 0.05) is 11.1 Å². The van der Waals surface area contributed by atoms with E-state index in [0.717, 1.165) is 5.69 Å². The maximum Gasteiger partial charge on any atom is 0.125 e. The fourth-order valence-electron chi connectivity index (χ4n) is 1.29. The first-order valence-electron chi connectivity index (χ1n) is 4.76. The molecule has 2 aromatic rings. The van der Waals surface area contributed by atoms with Crippen LogP contribution < -0.4 is 0 Å². The second-order valence-corrected chi connectivity index (χ2v) is 2.81. The zero-order valence-corrected chi connectivity index (χ0v) is 8.93. The lowest BCUT2D eigenvalue weighted by molar-refractivity contribution is 0.629. The Labute approximate surface area is 87.5 Å². The molecule has 1 heterocycles. The number of nitriles is 1. The van der Waals surface area contributed by atoms with Crippen molar-refractivity contribution >= 4 is 10.9 Å². The van der Waals surface area contributed by atoms with Gasteiger partial charge in [0.25, 0.3) is 0 Å². The van der Waals surface area contributed by atoms with Crippen molar-refractivity contribution in [2.45, 2.75) is 20.8 Å². The number of aromatic amines is 1. The number of fused-ring (bicyclic) bond motifs is 1. The van der Waals surface area contributed by atoms with Crippen molar-refractivity contribution in [2.75, 3.05) is 0 Å². The van der Waals surface area contributed by atoms with Gasteiger partial charge >= 0.3 is 0 Å². The first kappa shape index (κ1) is 11.2. The lowest BCUT2D eigenvalue weighted by Crippen LogP contribution is -1.81. The first-order valence-corrected chi connectivity index (χ1v) is 4.76. The maximum absolute atomic E-state index is 12.9. The lowest BCUT2D eigenvalue weighted by Gasteiger charge is -1.92. The van der Waals surface area contributed by atoms with Crippen LogP contribution in [0, 0.1) is 24.1 Å². The van der Waals surface area contributed by atoms with Crippen LogP contribution in [0.3, 0.4) is 0 Å². The smallest absolute Gasteiger partial charge is 0.125 e. The van der Waals surface area contributed by atoms with Crippen LogP contribution in [0.4, 0.5) is 4.39 Å². The molecule has 2 rings (SSSR count). The number of aryl methyl sites for hydroxylation is 1. The minimum absolute atomic E-state index is 0.263. The Hall–Kier alpha value is -1.89. The predicted octanol–water partition coefficient (Wildman–Crippen LogP) is 2.91. The molecule has 0 aliphatic carbocycles. The van der Waals surface area contributed by atoms with Crippen LogP contribution in [0.5, 0.6) is 0 Å². The Morgan fingerprint density at radius 2 is 2.07 bits per heavy atom. The van der Waals surface area contributed by atoms with Crippen molar-refractivity contribution in [2.24, 2.45) is 0 Å². The minimum atomic E-state index is -0.409. The normalized spacial score (nSPS) is 9.27. The molecule has 4 heteroatoms. The van der Waals surface area contributed by atoms with Crippen LogP contribution in [-0.4, -0.2) is 10.2 Å². The molecular weight excluding hydrogens is 193 g/mol. The van der Waals surface area contributed by atoms with Gasteiger partial charge in [-0.05, 0) is 19.1 Å². The third-order valence-electron chi connectivity index (χ3n) is 1.93. The summed E-state index contributed by atoms with van der Waals surface area (Å²) in [5.74, 6) is -0.409. The van der Waals surface area contributed by atoms with E-state index < -0.39 is 5.82 Å². The van der Waals surface area contributed by atoms with Crippen LogP contribution >= 0.6 is 0 Å². The van der Waals surface area contributed by atoms with Gasteiger partial charge in [0.05, 0.1) is 5.56 Å². The highest BCUT2D eigenvalue weighted by Crippen LogP contribution is 2.20. The number of benzene rings is 1. The van der Waals surface area contributed by atoms with Gasteiger partial charge in [0.1, 0.15) is 17.4 Å². The highest BCUT2D eigenvalue weighted by molar-refractivity contribution is 5.86. The number of nitrogens with one attached hydrogen (secondary N) is 1. The average molecular weight is 205 g/mol. The van der Waals surface area contributed by atoms with Crippen molar-refractivity contribution in [3.05, 3.63) is 29.2 Å². The van der Waals surface area contributed by atoms with Crippen LogP contribution in [-0.2, 0) is 0 Å². The predicted molar refractivity (Wildman–Crippen MR) is 56.9 cm³/mol. The quantitative estimate of drug-likeness (QED) is 0.718. The number of aromatic nitrogens is 2. The van der Waals surface area contributed by atoms with Gasteiger partial charge in [-0.3, -0.25) is 5.10 Å². The number of hydrogen-bond donors (Lipinski definition) is 1. The van der Waals surface area contributed by atoms with Gasteiger partial charge in [-0.2, -0.15) is 10.4 Å². The Morgan fingerprint density at radius 1 is 1.40 bits per heavy atom. The Bertz CT molecular complexity index is 508. The number of H-pyrrole nitrogens is 1. The molecule has 0 fully saturated rings. The molecule has 78 valence electrons. The van der Waals surface area contributed by atoms with E-state index >= 15 is 0 Å². The van der Waals surface area contributed by atoms with Crippen molar-refractivity contribution in [1.29, 1.82) is 5.26 Å². The van der Waals surface area contributed by atoms with E-state index in [2.05, 4.69) is 10.2 Å². The lowest BCUT2D eigenvalue weighted by atomic mass is 10.1. The third kappa shape index (κ3) is 1.96. The van der Waals surface area contributed by atoms with Crippen LogP contribution in [0.2, 0.25) is 0 Å². The van der Waals surface area contributed by atoms with E-state index in [9.17, 15) is 4.39 Å². The summed E-state index contributed by atoms with van der Waals surface area (Å²) in [5.41, 5.74) is 1.56. The van der Waals surface area contributed by atoms with E-state index in [1.165, 1.54) is 12.1 Å². The summed E-state index contributed by atoms with van der Waals surface area (Å²) in [7, 11) is 0. The number of rotatable bonds is 0. The summed E-state index contributed by atoms with van der Waals surface area (Å²) >= 11 is 0. The summed E-state index contributed by atoms with van der Waals surface area (Å²) in [6.45, 7) is 5.79. The maximum atomic E-state index is 12.9. The molecule has 0 unspecified atom stereocenters. The Kier molecular flexibility index (Phi) is 3.40. The molecule has 0 saturated heterocycles. The largest absolute Gasteiger partial charge is 0.282 e. The second kappa shape index (κ2) is 4.56. The molecule has 1 aromatic carbocycles. The average Bonchev–Trinajstić information content (AvgIpc) is 2.62. The number of nitrogens with zero attached hydrogens (tertiary/aromatic N) is 2. The SMILES string of the molecule is CC.Cc1[nH]nc2c(C#N)cc(F)cc12. The van der Waals surface area contributed by atoms with Gasteiger partial charge in [-0.1, -0.05) is 13.8 Å². The van der Waals surface area contributed by atoms with Crippen molar-refractivity contribution in [3.8, 4) is 6.07 Å². The standard InChI is InChI=1S/C9H6FN3.C2H6/c1-5-8-3-7(10)2-6(4-11)9(8)13-12-5;1-2/h2-3H,1H3,(H,12,13);1-2H3. The van der Waals surface area contributed by atoms with E-state index in [1.807, 2.05) is 19.9 Å². The Balaban J connectivity index is 0.000000531. The zero-order valence-electron chi connectivity index (χ0n) is 8.93. The molecule has 1 aromatic heterocycles. The molecule has 3 nitrogen and oxygen atoms in total. The molecule has 0 saturated carbocycles. The molecular formula is C11H12FN3. The fourth-order valence-corrected chi connectivity index (χ4v) is 1.29. The highest BCUT2D eigenvalue weighted by Gasteiger charge is 2.08. The molecule has 1 N–H and O–H groups in total. The molecule has 0 atom stereocenters. The molecule has 0 amide bonds. The topological polar surface area (TPSA) is 52.5 Å². The van der Waals surface area contributed by atoms with Crippen molar-refractivity contribution < 1.29 is 4.39 Å². The molecule has 0 bridgehead atoms. The molecule has 0 aliphatic rings. The van der Waals surface area contributed by atoms with Gasteiger partial charge in [0.15, 0.2) is 0 Å². The Morgan fingerprint density at radius 3 is 2.67 bits per heavy atom. The molecule has 15 heavy (non-hydrogen) atoms. The van der Waals surface area contributed by atoms with Gasteiger partial charge in [-0.25, -0.2) is 4.39 Å². The van der Waals surface area contributed by atoms with Crippen molar-refractivity contribution in [1.82, 2.24) is 10.2 Å². The number of halogens is 1. The van der Waals surface area contributed by atoms with Crippen LogP contribution in [0.15, 0.2) is 12.1 Å². The molecule has 0 spiro atoms. The van der Waals surface area contributed by atoms with E-state index in [4.69, 9.17) is 5.26 Å². The van der Waals surface area contributed by atoms with Crippen molar-refractivity contribution in [3.63, 3.8) is 0 Å². The van der Waals surface area contributed by atoms with Gasteiger partial charge < -0.3 is 0 Å². The van der Waals surface area contributed by atoms with E-state index in [1.54, 1.807) is 6.92 Å². The van der Waals surface area contributed by atoms with Crippen LogP contribution in [0.1, 0.15) is 25.1 Å². The summed E-state index contributed by atoms with van der Waals surface area (Å²) in [5, 5.41) is 16.0. The van der Waals surface area contributed by atoms with Crippen LogP contribution in [0.25, 0.3) is 10.9 Å². The van der Waals surface area contributed by atoms with Gasteiger partial charge in [0.2, 0.25) is 0 Å². The summed E-state index contributed by atoms with van der Waals surface area (Å²) in [6.07, 6.45) is 0. The second-order valence-electron chi connectivity index (χ2n) is 2.81. The first-order chi connectivity index (χ1) is 7.22. The molecule has 0 radical (unpaired) electrons. The fraction of sp³-hybridized carbons (Fsp3) is 0.273. The summed E-state index contributed by atoms with van der Waals surface area (Å²) in [6, 6.07) is 4.45. The van der Waals surface area contributed by atoms with Gasteiger partial charge in [-0.15, -0.1) is 0 Å². The zero-order chi connectivity index (χ0) is 11.4. The summed E-state index contributed by atoms with van der Waals surface area (Å²) in [4.78, 5) is 0. The third-order valence-corrected chi connectivity index (χ3v) is 1.93. The summed E-state index contributed by atoms with van der Waals surface area (Å²) < 4.78 is 12.9. The minimum Gasteiger partial charge on any atom is -0.282 e. The van der Waals surface area contributed by atoms with E-state index in [0.29, 0.717) is 10.9 Å². The highest BCUT2D eigenvalue weighted by atomic mass is 19.1. The van der Waals surface area contributed by atoms with E-state index in [-0.39, 0.29) is 5.56 Å².